The van der Waals surface area contributed by atoms with Crippen LogP contribution in [0, 0.1) is 0 Å². The Morgan fingerprint density at radius 1 is 1.19 bits per heavy atom. The van der Waals surface area contributed by atoms with E-state index in [2.05, 4.69) is 34.2 Å². The molecule has 1 aromatic heterocycles. The van der Waals surface area contributed by atoms with Gasteiger partial charge in [-0.2, -0.15) is 0 Å². The second-order valence-corrected chi connectivity index (χ2v) is 5.93. The third kappa shape index (κ3) is 3.12. The minimum absolute atomic E-state index is 0.116. The summed E-state index contributed by atoms with van der Waals surface area (Å²) in [6.07, 6.45) is 0. The summed E-state index contributed by atoms with van der Waals surface area (Å²) in [5.74, 6) is 1.18. The molecule has 0 fully saturated rings. The van der Waals surface area contributed by atoms with Crippen LogP contribution in [0.1, 0.15) is 24.3 Å². The number of halogens is 1. The predicted octanol–water partition coefficient (Wildman–Crippen LogP) is 4.75. The van der Waals surface area contributed by atoms with Crippen molar-refractivity contribution in [2.24, 2.45) is 0 Å². The molecule has 0 saturated heterocycles. The molecule has 0 aliphatic heterocycles. The minimum atomic E-state index is 0.116. The van der Waals surface area contributed by atoms with Gasteiger partial charge in [-0.1, -0.05) is 24.3 Å². The molecule has 1 unspecified atom stereocenters. The zero-order valence-corrected chi connectivity index (χ0v) is 13.2. The van der Waals surface area contributed by atoms with Gasteiger partial charge in [-0.25, -0.2) is 0 Å². The van der Waals surface area contributed by atoms with E-state index in [0.29, 0.717) is 11.0 Å². The SMILES string of the molecule is CC(NCc1ccc(O)c(Br)c1)c1cc2ccccc2o1. The van der Waals surface area contributed by atoms with E-state index in [1.54, 1.807) is 6.07 Å². The number of phenolic OH excluding ortho intramolecular Hbond substituents is 1. The number of rotatable bonds is 4. The van der Waals surface area contributed by atoms with Gasteiger partial charge >= 0.3 is 0 Å². The van der Waals surface area contributed by atoms with Gasteiger partial charge in [0, 0.05) is 11.9 Å². The van der Waals surface area contributed by atoms with Crippen molar-refractivity contribution >= 4 is 26.9 Å². The Labute approximate surface area is 131 Å². The van der Waals surface area contributed by atoms with Gasteiger partial charge in [-0.05, 0) is 52.7 Å². The van der Waals surface area contributed by atoms with Gasteiger partial charge in [0.25, 0.3) is 0 Å². The Kier molecular flexibility index (Phi) is 3.99. The van der Waals surface area contributed by atoms with Crippen LogP contribution < -0.4 is 5.32 Å². The summed E-state index contributed by atoms with van der Waals surface area (Å²) in [7, 11) is 0. The molecule has 3 nitrogen and oxygen atoms in total. The fourth-order valence-corrected chi connectivity index (χ4v) is 2.67. The van der Waals surface area contributed by atoms with Gasteiger partial charge in [-0.3, -0.25) is 0 Å². The maximum absolute atomic E-state index is 9.50. The molecule has 1 atom stereocenters. The van der Waals surface area contributed by atoms with Gasteiger partial charge in [-0.15, -0.1) is 0 Å². The van der Waals surface area contributed by atoms with Gasteiger partial charge in [0.1, 0.15) is 17.1 Å². The van der Waals surface area contributed by atoms with Crippen molar-refractivity contribution < 1.29 is 9.52 Å². The van der Waals surface area contributed by atoms with E-state index < -0.39 is 0 Å². The standard InChI is InChI=1S/C17H16BrNO2/c1-11(17-9-13-4-2-3-5-16(13)21-17)19-10-12-6-7-15(20)14(18)8-12/h2-9,11,19-20H,10H2,1H3. The third-order valence-corrected chi connectivity index (χ3v) is 4.13. The highest BCUT2D eigenvalue weighted by Crippen LogP contribution is 2.26. The Morgan fingerprint density at radius 2 is 2.00 bits per heavy atom. The number of aromatic hydroxyl groups is 1. The van der Waals surface area contributed by atoms with Crippen molar-refractivity contribution in [3.8, 4) is 5.75 Å². The highest BCUT2D eigenvalue weighted by molar-refractivity contribution is 9.10. The zero-order chi connectivity index (χ0) is 14.8. The summed E-state index contributed by atoms with van der Waals surface area (Å²) < 4.78 is 6.56. The number of fused-ring (bicyclic) bond motifs is 1. The fraction of sp³-hybridized carbons (Fsp3) is 0.176. The number of nitrogens with one attached hydrogen (secondary N) is 1. The van der Waals surface area contributed by atoms with Crippen LogP contribution in [0.15, 0.2) is 57.4 Å². The quantitative estimate of drug-likeness (QED) is 0.716. The first-order valence-corrected chi connectivity index (χ1v) is 7.62. The summed E-state index contributed by atoms with van der Waals surface area (Å²) in [4.78, 5) is 0. The number of furan rings is 1. The van der Waals surface area contributed by atoms with Crippen LogP contribution in [0.2, 0.25) is 0 Å². The van der Waals surface area contributed by atoms with Crippen LogP contribution in [0.3, 0.4) is 0 Å². The molecule has 0 bridgehead atoms. The van der Waals surface area contributed by atoms with E-state index in [-0.39, 0.29) is 11.8 Å². The monoisotopic (exact) mass is 345 g/mol. The van der Waals surface area contributed by atoms with Crippen LogP contribution in [-0.2, 0) is 6.54 Å². The molecule has 0 aliphatic rings. The predicted molar refractivity (Wildman–Crippen MR) is 87.3 cm³/mol. The Hall–Kier alpha value is -1.78. The fourth-order valence-electron chi connectivity index (χ4n) is 2.25. The number of hydrogen-bond acceptors (Lipinski definition) is 3. The molecule has 108 valence electrons. The third-order valence-electron chi connectivity index (χ3n) is 3.50. The van der Waals surface area contributed by atoms with E-state index in [4.69, 9.17) is 4.42 Å². The average Bonchev–Trinajstić information content (AvgIpc) is 2.92. The topological polar surface area (TPSA) is 45.4 Å². The van der Waals surface area contributed by atoms with E-state index in [1.165, 1.54) is 0 Å². The van der Waals surface area contributed by atoms with Gasteiger partial charge < -0.3 is 14.8 Å². The zero-order valence-electron chi connectivity index (χ0n) is 11.6. The maximum Gasteiger partial charge on any atom is 0.134 e. The number of phenols is 1. The summed E-state index contributed by atoms with van der Waals surface area (Å²) >= 11 is 3.32. The molecule has 3 rings (SSSR count). The smallest absolute Gasteiger partial charge is 0.134 e. The van der Waals surface area contributed by atoms with E-state index in [1.807, 2.05) is 36.4 Å². The molecule has 1 heterocycles. The van der Waals surface area contributed by atoms with Crippen molar-refractivity contribution in [2.75, 3.05) is 0 Å². The molecule has 0 spiro atoms. The van der Waals surface area contributed by atoms with E-state index in [9.17, 15) is 5.11 Å². The first-order valence-electron chi connectivity index (χ1n) is 6.83. The van der Waals surface area contributed by atoms with Crippen molar-refractivity contribution in [3.05, 3.63) is 64.3 Å². The first-order chi connectivity index (χ1) is 10.1. The Bertz CT molecular complexity index is 733. The van der Waals surface area contributed by atoms with E-state index >= 15 is 0 Å². The van der Waals surface area contributed by atoms with Crippen molar-refractivity contribution in [1.29, 1.82) is 0 Å². The van der Waals surface area contributed by atoms with Crippen molar-refractivity contribution in [1.82, 2.24) is 5.32 Å². The van der Waals surface area contributed by atoms with Crippen LogP contribution in [0.25, 0.3) is 11.0 Å². The molecule has 0 saturated carbocycles. The highest BCUT2D eigenvalue weighted by Gasteiger charge is 2.11. The molecule has 0 aliphatic carbocycles. The van der Waals surface area contributed by atoms with Gasteiger partial charge in [0.2, 0.25) is 0 Å². The normalized spacial score (nSPS) is 12.7. The number of benzene rings is 2. The highest BCUT2D eigenvalue weighted by atomic mass is 79.9. The van der Waals surface area contributed by atoms with Crippen LogP contribution >= 0.6 is 15.9 Å². The summed E-state index contributed by atoms with van der Waals surface area (Å²) in [6.45, 7) is 2.78. The van der Waals surface area contributed by atoms with Crippen LogP contribution in [0.5, 0.6) is 5.75 Å². The lowest BCUT2D eigenvalue weighted by atomic mass is 10.2. The molecule has 0 radical (unpaired) electrons. The van der Waals surface area contributed by atoms with Crippen molar-refractivity contribution in [3.63, 3.8) is 0 Å². The maximum atomic E-state index is 9.50. The molecule has 4 heteroatoms. The molecule has 2 N–H and O–H groups in total. The largest absolute Gasteiger partial charge is 0.507 e. The second kappa shape index (κ2) is 5.92. The summed E-state index contributed by atoms with van der Waals surface area (Å²) in [5, 5.41) is 14.0. The molecule has 3 aromatic rings. The van der Waals surface area contributed by atoms with Gasteiger partial charge in [0.15, 0.2) is 0 Å². The van der Waals surface area contributed by atoms with Crippen LogP contribution in [-0.4, -0.2) is 5.11 Å². The Morgan fingerprint density at radius 3 is 2.76 bits per heavy atom. The molecular formula is C17H16BrNO2. The van der Waals surface area contributed by atoms with Gasteiger partial charge in [0.05, 0.1) is 10.5 Å². The molecule has 2 aromatic carbocycles. The van der Waals surface area contributed by atoms with Crippen molar-refractivity contribution in [2.45, 2.75) is 19.5 Å². The molecule has 0 amide bonds. The van der Waals surface area contributed by atoms with E-state index in [0.717, 1.165) is 22.3 Å². The summed E-state index contributed by atoms with van der Waals surface area (Å²) in [6, 6.07) is 15.7. The average molecular weight is 346 g/mol. The second-order valence-electron chi connectivity index (χ2n) is 5.07. The molecular weight excluding hydrogens is 330 g/mol. The number of hydrogen-bond donors (Lipinski definition) is 2. The lowest BCUT2D eigenvalue weighted by Gasteiger charge is -2.11. The molecule has 21 heavy (non-hydrogen) atoms. The van der Waals surface area contributed by atoms with Crippen LogP contribution in [0.4, 0.5) is 0 Å². The lowest BCUT2D eigenvalue weighted by Crippen LogP contribution is -2.17. The first kappa shape index (κ1) is 14.2. The lowest BCUT2D eigenvalue weighted by molar-refractivity contribution is 0.450. The minimum Gasteiger partial charge on any atom is -0.507 e. The Balaban J connectivity index is 1.70. The number of para-hydroxylation sites is 1. The summed E-state index contributed by atoms with van der Waals surface area (Å²) in [5.41, 5.74) is 2.01.